The molecule has 1 aromatic heterocycles. The molecular formula is C17H24N4O3. The molecule has 2 heterocycles. The Kier molecular flexibility index (Phi) is 5.89. The lowest BCUT2D eigenvalue weighted by Gasteiger charge is -2.31. The first-order valence-corrected chi connectivity index (χ1v) is 8.18. The Morgan fingerprint density at radius 2 is 2.12 bits per heavy atom. The Balaban J connectivity index is 2.03. The Hall–Kier alpha value is -2.44. The van der Waals surface area contributed by atoms with Crippen molar-refractivity contribution in [3.8, 4) is 0 Å². The summed E-state index contributed by atoms with van der Waals surface area (Å²) in [6.45, 7) is 2.97. The van der Waals surface area contributed by atoms with E-state index < -0.39 is 0 Å². The number of nitrogens with one attached hydrogen (secondary N) is 1. The van der Waals surface area contributed by atoms with Crippen molar-refractivity contribution in [1.82, 2.24) is 14.8 Å². The first-order valence-electron chi connectivity index (χ1n) is 8.18. The van der Waals surface area contributed by atoms with Crippen molar-refractivity contribution in [2.24, 2.45) is 5.92 Å². The lowest BCUT2D eigenvalue weighted by atomic mass is 9.97. The zero-order chi connectivity index (χ0) is 17.7. The van der Waals surface area contributed by atoms with Gasteiger partial charge in [0.25, 0.3) is 5.91 Å². The van der Waals surface area contributed by atoms with Gasteiger partial charge in [0, 0.05) is 45.4 Å². The fourth-order valence-electron chi connectivity index (χ4n) is 2.76. The first-order chi connectivity index (χ1) is 11.4. The molecule has 0 aliphatic carbocycles. The maximum atomic E-state index is 12.5. The number of carbonyl (C=O) groups is 3. The average Bonchev–Trinajstić information content (AvgIpc) is 2.60. The van der Waals surface area contributed by atoms with Crippen molar-refractivity contribution < 1.29 is 14.4 Å². The molecule has 0 aromatic carbocycles. The van der Waals surface area contributed by atoms with E-state index in [4.69, 9.17) is 0 Å². The third-order valence-electron chi connectivity index (χ3n) is 4.11. The van der Waals surface area contributed by atoms with Crippen LogP contribution < -0.4 is 5.32 Å². The SMILES string of the molecule is CCC(=O)N1CCCC(C(=O)Nc2cc(C(=O)N(C)C)ccn2)C1. The number of carbonyl (C=O) groups excluding carboxylic acids is 3. The van der Waals surface area contributed by atoms with E-state index in [0.29, 0.717) is 30.9 Å². The van der Waals surface area contributed by atoms with Crippen molar-refractivity contribution in [2.45, 2.75) is 26.2 Å². The van der Waals surface area contributed by atoms with E-state index in [1.165, 1.54) is 11.1 Å². The molecule has 3 amide bonds. The van der Waals surface area contributed by atoms with E-state index in [0.717, 1.165) is 12.8 Å². The number of hydrogen-bond acceptors (Lipinski definition) is 4. The van der Waals surface area contributed by atoms with E-state index in [2.05, 4.69) is 10.3 Å². The van der Waals surface area contributed by atoms with Crippen LogP contribution in [0.4, 0.5) is 5.82 Å². The summed E-state index contributed by atoms with van der Waals surface area (Å²) in [5.74, 6) is -0.129. The number of anilines is 1. The monoisotopic (exact) mass is 332 g/mol. The maximum absolute atomic E-state index is 12.5. The molecule has 1 atom stereocenters. The molecule has 7 nitrogen and oxygen atoms in total. The molecule has 1 fully saturated rings. The van der Waals surface area contributed by atoms with E-state index in [1.807, 2.05) is 6.92 Å². The molecule has 0 spiro atoms. The summed E-state index contributed by atoms with van der Waals surface area (Å²) in [5.41, 5.74) is 0.469. The maximum Gasteiger partial charge on any atom is 0.253 e. The molecule has 1 N–H and O–H groups in total. The van der Waals surface area contributed by atoms with E-state index in [-0.39, 0.29) is 23.6 Å². The Labute approximate surface area is 142 Å². The third kappa shape index (κ3) is 4.31. The lowest BCUT2D eigenvalue weighted by Crippen LogP contribution is -2.43. The summed E-state index contributed by atoms with van der Waals surface area (Å²) >= 11 is 0. The molecule has 130 valence electrons. The summed E-state index contributed by atoms with van der Waals surface area (Å²) in [6.07, 6.45) is 3.51. The Morgan fingerprint density at radius 3 is 2.79 bits per heavy atom. The topological polar surface area (TPSA) is 82.6 Å². The summed E-state index contributed by atoms with van der Waals surface area (Å²) < 4.78 is 0. The van der Waals surface area contributed by atoms with Crippen LogP contribution >= 0.6 is 0 Å². The van der Waals surface area contributed by atoms with Gasteiger partial charge < -0.3 is 15.1 Å². The first kappa shape index (κ1) is 17.9. The highest BCUT2D eigenvalue weighted by Crippen LogP contribution is 2.19. The molecule has 1 aliphatic rings. The quantitative estimate of drug-likeness (QED) is 0.903. The molecular weight excluding hydrogens is 308 g/mol. The van der Waals surface area contributed by atoms with Gasteiger partial charge in [-0.3, -0.25) is 14.4 Å². The van der Waals surface area contributed by atoms with Crippen molar-refractivity contribution in [3.05, 3.63) is 23.9 Å². The number of nitrogens with zero attached hydrogens (tertiary/aromatic N) is 3. The fraction of sp³-hybridized carbons (Fsp3) is 0.529. The van der Waals surface area contributed by atoms with Crippen LogP contribution in [0, 0.1) is 5.92 Å². The number of piperidine rings is 1. The minimum atomic E-state index is -0.246. The molecule has 2 rings (SSSR count). The smallest absolute Gasteiger partial charge is 0.253 e. The van der Waals surface area contributed by atoms with Gasteiger partial charge in [-0.1, -0.05) is 6.92 Å². The molecule has 1 unspecified atom stereocenters. The van der Waals surface area contributed by atoms with Gasteiger partial charge in [0.2, 0.25) is 11.8 Å². The second-order valence-corrected chi connectivity index (χ2v) is 6.15. The summed E-state index contributed by atoms with van der Waals surface area (Å²) in [6, 6.07) is 3.18. The second kappa shape index (κ2) is 7.90. The van der Waals surface area contributed by atoms with Crippen LogP contribution in [-0.4, -0.2) is 59.7 Å². The number of rotatable bonds is 4. The molecule has 0 radical (unpaired) electrons. The van der Waals surface area contributed by atoms with E-state index in [9.17, 15) is 14.4 Å². The van der Waals surface area contributed by atoms with Crippen LogP contribution in [0.1, 0.15) is 36.5 Å². The Morgan fingerprint density at radius 1 is 1.38 bits per heavy atom. The van der Waals surface area contributed by atoms with Gasteiger partial charge >= 0.3 is 0 Å². The molecule has 1 saturated heterocycles. The molecule has 0 bridgehead atoms. The standard InChI is InChI=1S/C17H24N4O3/c1-4-15(22)21-9-5-6-13(11-21)16(23)19-14-10-12(7-8-18-14)17(24)20(2)3/h7-8,10,13H,4-6,9,11H2,1-3H3,(H,18,19,23). The van der Waals surface area contributed by atoms with Crippen molar-refractivity contribution in [3.63, 3.8) is 0 Å². The highest BCUT2D eigenvalue weighted by atomic mass is 16.2. The minimum absolute atomic E-state index is 0.0733. The second-order valence-electron chi connectivity index (χ2n) is 6.15. The summed E-state index contributed by atoms with van der Waals surface area (Å²) in [5, 5.41) is 2.76. The molecule has 0 saturated carbocycles. The van der Waals surface area contributed by atoms with Crippen molar-refractivity contribution in [1.29, 1.82) is 0 Å². The number of amides is 3. The largest absolute Gasteiger partial charge is 0.345 e. The van der Waals surface area contributed by atoms with Gasteiger partial charge in [-0.2, -0.15) is 0 Å². The van der Waals surface area contributed by atoms with E-state index >= 15 is 0 Å². The van der Waals surface area contributed by atoms with Gasteiger partial charge in [0.15, 0.2) is 0 Å². The number of hydrogen-bond donors (Lipinski definition) is 1. The van der Waals surface area contributed by atoms with Crippen LogP contribution in [0.5, 0.6) is 0 Å². The number of pyridine rings is 1. The van der Waals surface area contributed by atoms with E-state index in [1.54, 1.807) is 31.1 Å². The van der Waals surface area contributed by atoms with Crippen LogP contribution in [0.25, 0.3) is 0 Å². The predicted octanol–water partition coefficient (Wildman–Crippen LogP) is 1.37. The van der Waals surface area contributed by atoms with Gasteiger partial charge in [0.1, 0.15) is 5.82 Å². The normalized spacial score (nSPS) is 17.3. The van der Waals surface area contributed by atoms with Crippen LogP contribution in [0.3, 0.4) is 0 Å². The molecule has 1 aliphatic heterocycles. The van der Waals surface area contributed by atoms with Crippen LogP contribution in [0.2, 0.25) is 0 Å². The molecule has 24 heavy (non-hydrogen) atoms. The molecule has 1 aromatic rings. The summed E-state index contributed by atoms with van der Waals surface area (Å²) in [4.78, 5) is 43.6. The Bertz CT molecular complexity index is 630. The lowest BCUT2D eigenvalue weighted by molar-refractivity contribution is -0.134. The highest BCUT2D eigenvalue weighted by Gasteiger charge is 2.28. The van der Waals surface area contributed by atoms with Gasteiger partial charge in [0.05, 0.1) is 5.92 Å². The number of aromatic nitrogens is 1. The van der Waals surface area contributed by atoms with Gasteiger partial charge in [-0.25, -0.2) is 4.98 Å². The molecule has 7 heteroatoms. The zero-order valence-corrected chi connectivity index (χ0v) is 14.4. The van der Waals surface area contributed by atoms with Crippen LogP contribution in [0.15, 0.2) is 18.3 Å². The van der Waals surface area contributed by atoms with Crippen LogP contribution in [-0.2, 0) is 9.59 Å². The minimum Gasteiger partial charge on any atom is -0.345 e. The summed E-state index contributed by atoms with van der Waals surface area (Å²) in [7, 11) is 3.34. The average molecular weight is 332 g/mol. The van der Waals surface area contributed by atoms with Crippen molar-refractivity contribution >= 4 is 23.5 Å². The highest BCUT2D eigenvalue weighted by molar-refractivity contribution is 5.96. The fourth-order valence-corrected chi connectivity index (χ4v) is 2.76. The zero-order valence-electron chi connectivity index (χ0n) is 14.4. The third-order valence-corrected chi connectivity index (χ3v) is 4.11. The number of likely N-dealkylation sites (tertiary alicyclic amines) is 1. The predicted molar refractivity (Wildman–Crippen MR) is 90.5 cm³/mol. The van der Waals surface area contributed by atoms with Gasteiger partial charge in [-0.05, 0) is 25.0 Å². The van der Waals surface area contributed by atoms with Gasteiger partial charge in [-0.15, -0.1) is 0 Å². The van der Waals surface area contributed by atoms with Crippen molar-refractivity contribution in [2.75, 3.05) is 32.5 Å².